The van der Waals surface area contributed by atoms with Gasteiger partial charge < -0.3 is 19.0 Å². The number of rotatable bonds is 8. The van der Waals surface area contributed by atoms with Gasteiger partial charge in [-0.25, -0.2) is 0 Å². The fourth-order valence-corrected chi connectivity index (χ4v) is 3.41. The van der Waals surface area contributed by atoms with Gasteiger partial charge in [-0.1, -0.05) is 24.3 Å². The summed E-state index contributed by atoms with van der Waals surface area (Å²) >= 11 is 0. The first-order valence-corrected chi connectivity index (χ1v) is 10.9. The van der Waals surface area contributed by atoms with E-state index in [2.05, 4.69) is 10.9 Å². The van der Waals surface area contributed by atoms with Crippen molar-refractivity contribution in [1.82, 2.24) is 10.9 Å². The van der Waals surface area contributed by atoms with Crippen LogP contribution in [0.15, 0.2) is 83.5 Å². The molecule has 3 N–H and O–H groups in total. The summed E-state index contributed by atoms with van der Waals surface area (Å²) in [5, 5.41) is 20.5. The Labute approximate surface area is 210 Å². The largest absolute Gasteiger partial charge is 0.502 e. The lowest BCUT2D eigenvalue weighted by atomic mass is 10.1. The number of amides is 2. The molecule has 1 heterocycles. The van der Waals surface area contributed by atoms with E-state index < -0.39 is 28.2 Å². The highest BCUT2D eigenvalue weighted by molar-refractivity contribution is 6.01. The maximum atomic E-state index is 12.7. The number of aromatic hydroxyl groups is 1. The van der Waals surface area contributed by atoms with E-state index in [9.17, 15) is 24.8 Å². The standard InChI is InChI=1S/C26H21N3O8/c1-35-19-8-5-16(6-9-19)15-37-20-4-2-3-17(13-20)21-11-12-36-24(21)26(32)28-27-25(31)18-7-10-23(30)22(14-18)29(33)34/h2-14,30H,15H2,1H3,(H,27,31)(H,28,32). The average molecular weight is 503 g/mol. The van der Waals surface area contributed by atoms with Crippen LogP contribution in [0.2, 0.25) is 0 Å². The molecule has 11 heteroatoms. The number of hydrogen-bond acceptors (Lipinski definition) is 8. The number of furan rings is 1. The van der Waals surface area contributed by atoms with Crippen LogP contribution in [0.4, 0.5) is 5.69 Å². The number of benzene rings is 3. The van der Waals surface area contributed by atoms with E-state index >= 15 is 0 Å². The first kappa shape index (κ1) is 24.8. The van der Waals surface area contributed by atoms with Crippen LogP contribution >= 0.6 is 0 Å². The Morgan fingerprint density at radius 1 is 0.973 bits per heavy atom. The van der Waals surface area contributed by atoms with Crippen molar-refractivity contribution >= 4 is 17.5 Å². The molecule has 11 nitrogen and oxygen atoms in total. The molecular formula is C26H21N3O8. The smallest absolute Gasteiger partial charge is 0.311 e. The van der Waals surface area contributed by atoms with Crippen molar-refractivity contribution in [2.24, 2.45) is 0 Å². The molecule has 0 aliphatic carbocycles. The summed E-state index contributed by atoms with van der Waals surface area (Å²) in [5.41, 5.74) is 5.68. The van der Waals surface area contributed by atoms with E-state index in [1.54, 1.807) is 37.4 Å². The van der Waals surface area contributed by atoms with Crippen LogP contribution in [-0.2, 0) is 6.61 Å². The number of hydrazine groups is 1. The van der Waals surface area contributed by atoms with Crippen molar-refractivity contribution in [3.05, 3.63) is 106 Å². The third-order valence-corrected chi connectivity index (χ3v) is 5.30. The van der Waals surface area contributed by atoms with Crippen molar-refractivity contribution in [3.63, 3.8) is 0 Å². The van der Waals surface area contributed by atoms with E-state index in [-0.39, 0.29) is 11.3 Å². The SMILES string of the molecule is COc1ccc(COc2cccc(-c3ccoc3C(=O)NNC(=O)c3ccc(O)c([N+](=O)[O-])c3)c2)cc1. The summed E-state index contributed by atoms with van der Waals surface area (Å²) in [6.07, 6.45) is 1.33. The van der Waals surface area contributed by atoms with Crippen LogP contribution in [0, 0.1) is 10.1 Å². The summed E-state index contributed by atoms with van der Waals surface area (Å²) in [6, 6.07) is 19.2. The van der Waals surface area contributed by atoms with E-state index in [0.29, 0.717) is 23.5 Å². The first-order chi connectivity index (χ1) is 17.9. The Bertz CT molecular complexity index is 1450. The van der Waals surface area contributed by atoms with Crippen molar-refractivity contribution in [1.29, 1.82) is 0 Å². The monoisotopic (exact) mass is 503 g/mol. The van der Waals surface area contributed by atoms with Gasteiger partial charge in [0.05, 0.1) is 18.3 Å². The molecule has 2 amide bonds. The zero-order chi connectivity index (χ0) is 26.4. The van der Waals surface area contributed by atoms with Crippen molar-refractivity contribution in [3.8, 4) is 28.4 Å². The number of nitro groups is 1. The van der Waals surface area contributed by atoms with Gasteiger partial charge in [0.15, 0.2) is 5.75 Å². The maximum Gasteiger partial charge on any atom is 0.311 e. The Hall–Kier alpha value is -5.32. The molecule has 0 saturated carbocycles. The lowest BCUT2D eigenvalue weighted by molar-refractivity contribution is -0.385. The molecule has 0 bridgehead atoms. The number of nitrogens with one attached hydrogen (secondary N) is 2. The molecule has 0 atom stereocenters. The molecule has 188 valence electrons. The number of phenols is 1. The molecule has 0 unspecified atom stereocenters. The molecule has 4 rings (SSSR count). The summed E-state index contributed by atoms with van der Waals surface area (Å²) < 4.78 is 16.4. The summed E-state index contributed by atoms with van der Waals surface area (Å²) in [6.45, 7) is 0.327. The Kier molecular flexibility index (Phi) is 7.34. The van der Waals surface area contributed by atoms with Gasteiger partial charge in [-0.3, -0.25) is 30.6 Å². The van der Waals surface area contributed by atoms with Crippen LogP contribution < -0.4 is 20.3 Å². The third-order valence-electron chi connectivity index (χ3n) is 5.30. The Balaban J connectivity index is 1.42. The molecule has 0 spiro atoms. The van der Waals surface area contributed by atoms with E-state index in [1.807, 2.05) is 24.3 Å². The number of phenolic OH excluding ortho intramolecular Hbond substituents is 1. The topological polar surface area (TPSA) is 153 Å². The van der Waals surface area contributed by atoms with E-state index in [1.165, 1.54) is 12.3 Å². The second-order valence-corrected chi connectivity index (χ2v) is 7.70. The first-order valence-electron chi connectivity index (χ1n) is 10.9. The minimum absolute atomic E-state index is 0.0655. The molecule has 37 heavy (non-hydrogen) atoms. The average Bonchev–Trinajstić information content (AvgIpc) is 3.41. The second-order valence-electron chi connectivity index (χ2n) is 7.70. The number of ether oxygens (including phenoxy) is 2. The minimum atomic E-state index is -0.825. The zero-order valence-electron chi connectivity index (χ0n) is 19.5. The normalized spacial score (nSPS) is 10.4. The van der Waals surface area contributed by atoms with Crippen molar-refractivity contribution in [2.45, 2.75) is 6.61 Å². The predicted octanol–water partition coefficient (Wildman–Crippen LogP) is 4.22. The van der Waals surface area contributed by atoms with Crippen LogP contribution in [-0.4, -0.2) is 29.0 Å². The molecule has 0 saturated heterocycles. The van der Waals surface area contributed by atoms with Gasteiger partial charge in [0.25, 0.3) is 5.91 Å². The zero-order valence-corrected chi connectivity index (χ0v) is 19.5. The predicted molar refractivity (Wildman–Crippen MR) is 131 cm³/mol. The summed E-state index contributed by atoms with van der Waals surface area (Å²) in [7, 11) is 1.60. The van der Waals surface area contributed by atoms with Crippen LogP contribution in [0.5, 0.6) is 17.2 Å². The van der Waals surface area contributed by atoms with E-state index in [0.717, 1.165) is 23.4 Å². The quantitative estimate of drug-likeness (QED) is 0.239. The number of carbonyl (C=O) groups is 2. The molecule has 0 radical (unpaired) electrons. The van der Waals surface area contributed by atoms with Crippen LogP contribution in [0.1, 0.15) is 26.5 Å². The van der Waals surface area contributed by atoms with Gasteiger partial charge in [-0.05, 0) is 53.6 Å². The van der Waals surface area contributed by atoms with Crippen LogP contribution in [0.3, 0.4) is 0 Å². The second kappa shape index (κ2) is 11.0. The van der Waals surface area contributed by atoms with Gasteiger partial charge in [0.2, 0.25) is 5.76 Å². The highest BCUT2D eigenvalue weighted by atomic mass is 16.6. The third kappa shape index (κ3) is 5.85. The van der Waals surface area contributed by atoms with Crippen molar-refractivity contribution in [2.75, 3.05) is 7.11 Å². The fraction of sp³-hybridized carbons (Fsp3) is 0.0769. The van der Waals surface area contributed by atoms with E-state index in [4.69, 9.17) is 13.9 Å². The summed E-state index contributed by atoms with van der Waals surface area (Å²) in [5.74, 6) is -0.893. The van der Waals surface area contributed by atoms with Gasteiger partial charge in [-0.2, -0.15) is 0 Å². The highest BCUT2D eigenvalue weighted by Gasteiger charge is 2.20. The lowest BCUT2D eigenvalue weighted by Gasteiger charge is -2.10. The van der Waals surface area contributed by atoms with Gasteiger partial charge in [0, 0.05) is 17.2 Å². The van der Waals surface area contributed by atoms with Crippen LogP contribution in [0.25, 0.3) is 11.1 Å². The number of carbonyl (C=O) groups excluding carboxylic acids is 2. The minimum Gasteiger partial charge on any atom is -0.502 e. The molecule has 0 fully saturated rings. The number of hydrogen-bond donors (Lipinski definition) is 3. The molecule has 0 aliphatic rings. The number of nitrogens with zero attached hydrogens (tertiary/aromatic N) is 1. The fourth-order valence-electron chi connectivity index (χ4n) is 3.41. The van der Waals surface area contributed by atoms with Crippen molar-refractivity contribution < 1.29 is 33.5 Å². The van der Waals surface area contributed by atoms with Gasteiger partial charge >= 0.3 is 11.6 Å². The molecule has 3 aromatic carbocycles. The molecular weight excluding hydrogens is 482 g/mol. The maximum absolute atomic E-state index is 12.7. The van der Waals surface area contributed by atoms with Gasteiger partial charge in [-0.15, -0.1) is 0 Å². The lowest BCUT2D eigenvalue weighted by Crippen LogP contribution is -2.41. The summed E-state index contributed by atoms with van der Waals surface area (Å²) in [4.78, 5) is 35.2. The Morgan fingerprint density at radius 3 is 2.46 bits per heavy atom. The number of methoxy groups -OCH3 is 1. The number of nitro benzene ring substituents is 1. The molecule has 4 aromatic rings. The van der Waals surface area contributed by atoms with Gasteiger partial charge in [0.1, 0.15) is 18.1 Å². The Morgan fingerprint density at radius 2 is 1.73 bits per heavy atom. The molecule has 1 aromatic heterocycles. The molecule has 0 aliphatic heterocycles. The highest BCUT2D eigenvalue weighted by Crippen LogP contribution is 2.29.